The highest BCUT2D eigenvalue weighted by Gasteiger charge is 2.31. The van der Waals surface area contributed by atoms with Crippen molar-refractivity contribution in [2.75, 3.05) is 18.1 Å². The van der Waals surface area contributed by atoms with Crippen LogP contribution in [-0.4, -0.2) is 32.4 Å². The molecule has 0 aliphatic carbocycles. The number of amides is 1. The minimum absolute atomic E-state index is 0.120. The zero-order valence-corrected chi connectivity index (χ0v) is 17.1. The summed E-state index contributed by atoms with van der Waals surface area (Å²) in [6.45, 7) is 4.05. The van der Waals surface area contributed by atoms with Crippen LogP contribution in [0, 0.1) is 5.82 Å². The Kier molecular flexibility index (Phi) is 5.37. The zero-order valence-electron chi connectivity index (χ0n) is 17.1. The highest BCUT2D eigenvalue weighted by molar-refractivity contribution is 5.98. The number of rotatable bonds is 5. The topological polar surface area (TPSA) is 142 Å². The number of hydrogen-bond donors (Lipinski definition) is 3. The fourth-order valence-corrected chi connectivity index (χ4v) is 3.72. The predicted molar refractivity (Wildman–Crippen MR) is 113 cm³/mol. The van der Waals surface area contributed by atoms with Gasteiger partial charge in [0.2, 0.25) is 5.95 Å². The molecule has 0 bridgehead atoms. The number of nitrogens with zero attached hydrogens (tertiary/aromatic N) is 4. The highest BCUT2D eigenvalue weighted by Crippen LogP contribution is 2.34. The molecule has 10 heteroatoms. The van der Waals surface area contributed by atoms with Crippen LogP contribution in [-0.2, 0) is 12.8 Å². The van der Waals surface area contributed by atoms with Gasteiger partial charge < -0.3 is 21.5 Å². The number of hydrogen-bond acceptors (Lipinski definition) is 8. The molecule has 1 aromatic carbocycles. The number of benzene rings is 1. The van der Waals surface area contributed by atoms with Gasteiger partial charge in [0, 0.05) is 12.0 Å². The first kappa shape index (κ1) is 20.5. The maximum absolute atomic E-state index is 14.2. The van der Waals surface area contributed by atoms with Gasteiger partial charge in [-0.2, -0.15) is 0 Å². The predicted octanol–water partition coefficient (Wildman–Crippen LogP) is 2.23. The molecule has 3 aromatic rings. The molecule has 0 unspecified atom stereocenters. The largest absolute Gasteiger partial charge is 0.475 e. The fraction of sp³-hybridized carbons (Fsp3) is 0.286. The van der Waals surface area contributed by atoms with E-state index in [1.165, 1.54) is 18.3 Å². The average Bonchev–Trinajstić information content (AvgIpc) is 2.74. The molecule has 1 aliphatic heterocycles. The van der Waals surface area contributed by atoms with Crippen LogP contribution in [0.1, 0.15) is 47.2 Å². The van der Waals surface area contributed by atoms with Gasteiger partial charge in [0.25, 0.3) is 11.8 Å². The summed E-state index contributed by atoms with van der Waals surface area (Å²) in [6, 6.07) is 3.83. The molecule has 0 fully saturated rings. The molecule has 1 aliphatic rings. The molecule has 4 rings (SSSR count). The normalized spacial score (nSPS) is 15.3. The molecule has 31 heavy (non-hydrogen) atoms. The maximum Gasteiger partial charge on any atom is 0.257 e. The van der Waals surface area contributed by atoms with Crippen LogP contribution in [0.15, 0.2) is 24.4 Å². The monoisotopic (exact) mass is 423 g/mol. The smallest absolute Gasteiger partial charge is 0.257 e. The Morgan fingerprint density at radius 2 is 2.03 bits per heavy atom. The summed E-state index contributed by atoms with van der Waals surface area (Å²) in [6.07, 6.45) is 2.38. The van der Waals surface area contributed by atoms with E-state index in [0.717, 1.165) is 0 Å². The van der Waals surface area contributed by atoms with E-state index in [4.69, 9.17) is 16.2 Å². The lowest BCUT2D eigenvalue weighted by molar-refractivity contribution is 0.0922. The first-order chi connectivity index (χ1) is 14.9. The zero-order chi connectivity index (χ0) is 22.1. The van der Waals surface area contributed by atoms with Crippen molar-refractivity contribution in [2.24, 2.45) is 0 Å². The number of halogens is 1. The third kappa shape index (κ3) is 3.83. The SMILES string of the molecule is CCOc1nc(-c2cc(F)ccc2[C@H]2Cc3nc(N)nc(CC)c3C(=O)N2)cnc1N. The first-order valence-electron chi connectivity index (χ1n) is 9.92. The first-order valence-corrected chi connectivity index (χ1v) is 9.92. The van der Waals surface area contributed by atoms with Gasteiger partial charge in [-0.3, -0.25) is 4.79 Å². The van der Waals surface area contributed by atoms with Crippen molar-refractivity contribution in [3.8, 4) is 17.1 Å². The van der Waals surface area contributed by atoms with Crippen LogP contribution in [0.4, 0.5) is 16.2 Å². The summed E-state index contributed by atoms with van der Waals surface area (Å²) in [5.41, 5.74) is 14.8. The second-order valence-electron chi connectivity index (χ2n) is 7.04. The van der Waals surface area contributed by atoms with E-state index in [1.54, 1.807) is 13.0 Å². The quantitative estimate of drug-likeness (QED) is 0.567. The lowest BCUT2D eigenvalue weighted by Gasteiger charge is -2.28. The molecule has 2 aromatic heterocycles. The van der Waals surface area contributed by atoms with E-state index in [0.29, 0.717) is 53.2 Å². The van der Waals surface area contributed by atoms with Gasteiger partial charge in [-0.25, -0.2) is 24.3 Å². The molecule has 0 saturated heterocycles. The number of ether oxygens (including phenoxy) is 1. The van der Waals surface area contributed by atoms with Crippen LogP contribution in [0.25, 0.3) is 11.3 Å². The van der Waals surface area contributed by atoms with Crippen molar-refractivity contribution in [1.82, 2.24) is 25.3 Å². The molecule has 1 atom stereocenters. The Bertz CT molecular complexity index is 1170. The standard InChI is InChI=1S/C21H22FN7O2/c1-3-13-17-15(29-21(24)28-13)8-14(26-19(17)30)11-6-5-10(22)7-12(11)16-9-25-18(23)20(27-16)31-4-2/h5-7,9,14H,3-4,8H2,1-2H3,(H2,23,25)(H,26,30)(H2,24,28,29)/t14-/m1/s1. The van der Waals surface area contributed by atoms with E-state index in [2.05, 4.69) is 25.3 Å². The molecule has 1 amide bonds. The number of aromatic nitrogens is 4. The van der Waals surface area contributed by atoms with Gasteiger partial charge in [0.05, 0.1) is 41.5 Å². The lowest BCUT2D eigenvalue weighted by atomic mass is 9.90. The number of aryl methyl sites for hydroxylation is 1. The van der Waals surface area contributed by atoms with Crippen LogP contribution >= 0.6 is 0 Å². The molecular formula is C21H22FN7O2. The lowest BCUT2D eigenvalue weighted by Crippen LogP contribution is -2.37. The molecule has 0 spiro atoms. The second kappa shape index (κ2) is 8.13. The van der Waals surface area contributed by atoms with Gasteiger partial charge in [0.15, 0.2) is 5.82 Å². The van der Waals surface area contributed by atoms with Crippen LogP contribution in [0.3, 0.4) is 0 Å². The average molecular weight is 423 g/mol. The van der Waals surface area contributed by atoms with Crippen molar-refractivity contribution < 1.29 is 13.9 Å². The van der Waals surface area contributed by atoms with Gasteiger partial charge in [-0.1, -0.05) is 13.0 Å². The molecule has 0 radical (unpaired) electrons. The van der Waals surface area contributed by atoms with E-state index >= 15 is 0 Å². The Balaban J connectivity index is 1.80. The number of nitrogen functional groups attached to an aromatic ring is 2. The van der Waals surface area contributed by atoms with Crippen molar-refractivity contribution in [2.45, 2.75) is 32.7 Å². The molecule has 0 saturated carbocycles. The number of carbonyl (C=O) groups excluding carboxylic acids is 1. The summed E-state index contributed by atoms with van der Waals surface area (Å²) in [7, 11) is 0. The molecule has 5 N–H and O–H groups in total. The summed E-state index contributed by atoms with van der Waals surface area (Å²) in [5.74, 6) is -0.312. The third-order valence-corrected chi connectivity index (χ3v) is 5.06. The van der Waals surface area contributed by atoms with Gasteiger partial charge in [-0.05, 0) is 31.0 Å². The molecule has 3 heterocycles. The summed E-state index contributed by atoms with van der Waals surface area (Å²) < 4.78 is 19.6. The van der Waals surface area contributed by atoms with Gasteiger partial charge in [-0.15, -0.1) is 0 Å². The molecular weight excluding hydrogens is 401 g/mol. The van der Waals surface area contributed by atoms with Crippen molar-refractivity contribution >= 4 is 17.7 Å². The maximum atomic E-state index is 14.2. The summed E-state index contributed by atoms with van der Waals surface area (Å²) in [4.78, 5) is 29.9. The van der Waals surface area contributed by atoms with Gasteiger partial charge >= 0.3 is 0 Å². The van der Waals surface area contributed by atoms with Crippen LogP contribution in [0.2, 0.25) is 0 Å². The van der Waals surface area contributed by atoms with E-state index in [1.807, 2.05) is 6.92 Å². The Morgan fingerprint density at radius 3 is 2.77 bits per heavy atom. The van der Waals surface area contributed by atoms with Crippen molar-refractivity contribution in [3.63, 3.8) is 0 Å². The Morgan fingerprint density at radius 1 is 1.23 bits per heavy atom. The number of anilines is 2. The van der Waals surface area contributed by atoms with Crippen LogP contribution in [0.5, 0.6) is 5.88 Å². The molecule has 9 nitrogen and oxygen atoms in total. The summed E-state index contributed by atoms with van der Waals surface area (Å²) >= 11 is 0. The van der Waals surface area contributed by atoms with E-state index < -0.39 is 11.9 Å². The highest BCUT2D eigenvalue weighted by atomic mass is 19.1. The Hall–Kier alpha value is -3.82. The van der Waals surface area contributed by atoms with Gasteiger partial charge in [0.1, 0.15) is 5.82 Å². The number of nitrogens with one attached hydrogen (secondary N) is 1. The second-order valence-corrected chi connectivity index (χ2v) is 7.04. The fourth-order valence-electron chi connectivity index (χ4n) is 3.72. The third-order valence-electron chi connectivity index (χ3n) is 5.06. The minimum Gasteiger partial charge on any atom is -0.475 e. The minimum atomic E-state index is -0.468. The number of fused-ring (bicyclic) bond motifs is 1. The number of nitrogens with two attached hydrogens (primary N) is 2. The van der Waals surface area contributed by atoms with Crippen LogP contribution < -0.4 is 21.5 Å². The summed E-state index contributed by atoms with van der Waals surface area (Å²) in [5, 5.41) is 2.98. The van der Waals surface area contributed by atoms with E-state index in [9.17, 15) is 9.18 Å². The molecule has 160 valence electrons. The Labute approximate surface area is 178 Å². The van der Waals surface area contributed by atoms with E-state index in [-0.39, 0.29) is 23.6 Å². The van der Waals surface area contributed by atoms with Crippen molar-refractivity contribution in [3.05, 3.63) is 52.7 Å². The van der Waals surface area contributed by atoms with Crippen molar-refractivity contribution in [1.29, 1.82) is 0 Å². The number of carbonyl (C=O) groups is 1.